The van der Waals surface area contributed by atoms with E-state index in [2.05, 4.69) is 41.8 Å². The Morgan fingerprint density at radius 1 is 1.04 bits per heavy atom. The molecule has 2 saturated carbocycles. The van der Waals surface area contributed by atoms with E-state index >= 15 is 8.78 Å². The molecule has 150 valence electrons. The minimum atomic E-state index is -0.833. The van der Waals surface area contributed by atoms with Gasteiger partial charge in [-0.1, -0.05) is 13.8 Å². The molecule has 0 bridgehead atoms. The summed E-state index contributed by atoms with van der Waals surface area (Å²) in [5.74, 6) is -0.0232. The number of halogens is 4. The molecule has 0 saturated heterocycles. The van der Waals surface area contributed by atoms with E-state index in [1.165, 1.54) is 0 Å². The van der Waals surface area contributed by atoms with Crippen molar-refractivity contribution in [2.75, 3.05) is 0 Å². The molecule has 0 N–H and O–H groups in total. The molecule has 2 aliphatic rings. The van der Waals surface area contributed by atoms with Gasteiger partial charge in [0.2, 0.25) is 5.95 Å². The Labute approximate surface area is 181 Å². The van der Waals surface area contributed by atoms with Gasteiger partial charge in [-0.05, 0) is 88.8 Å². The van der Waals surface area contributed by atoms with Crippen molar-refractivity contribution in [1.29, 1.82) is 0 Å². The monoisotopic (exact) mass is 512 g/mol. The Bertz CT molecular complexity index is 948. The molecule has 0 spiro atoms. The number of rotatable bonds is 5. The summed E-state index contributed by atoms with van der Waals surface area (Å²) in [5.41, 5.74) is 2.59. The van der Waals surface area contributed by atoms with Crippen molar-refractivity contribution < 1.29 is 8.78 Å². The smallest absolute Gasteiger partial charge is 0.216 e. The molecule has 2 aliphatic carbocycles. The van der Waals surface area contributed by atoms with Crippen molar-refractivity contribution in [3.8, 4) is 0 Å². The van der Waals surface area contributed by atoms with Crippen LogP contribution in [-0.4, -0.2) is 9.97 Å². The van der Waals surface area contributed by atoms with Gasteiger partial charge in [0.25, 0.3) is 0 Å². The molecule has 0 amide bonds. The standard InChI is InChI=1S/C22H24Br2F2N2/c1-10(2)14-15(11-5-6-11)16(23)20(28-21(14)26)22(3,4)13-9-27-19(12-7-8-12)17(24)18(13)25/h9-12H,5-8H2,1-4H3. The van der Waals surface area contributed by atoms with Gasteiger partial charge < -0.3 is 0 Å². The first kappa shape index (κ1) is 20.4. The molecule has 0 unspecified atom stereocenters. The third-order valence-corrected chi connectivity index (χ3v) is 7.50. The molecule has 6 heteroatoms. The highest BCUT2D eigenvalue weighted by atomic mass is 79.9. The minimum absolute atomic E-state index is 0.0435. The van der Waals surface area contributed by atoms with Gasteiger partial charge in [-0.2, -0.15) is 4.39 Å². The Morgan fingerprint density at radius 3 is 2.18 bits per heavy atom. The zero-order chi connectivity index (χ0) is 20.4. The molecule has 2 fully saturated rings. The maximum atomic E-state index is 15.3. The Hall–Kier alpha value is -0.880. The van der Waals surface area contributed by atoms with Crippen LogP contribution in [0.25, 0.3) is 0 Å². The van der Waals surface area contributed by atoms with Crippen LogP contribution in [0.4, 0.5) is 8.78 Å². The molecule has 2 heterocycles. The highest BCUT2D eigenvalue weighted by molar-refractivity contribution is 9.10. The van der Waals surface area contributed by atoms with Crippen LogP contribution in [0.3, 0.4) is 0 Å². The van der Waals surface area contributed by atoms with Gasteiger partial charge in [0.1, 0.15) is 5.82 Å². The molecular weight excluding hydrogens is 490 g/mol. The van der Waals surface area contributed by atoms with Crippen molar-refractivity contribution in [3.63, 3.8) is 0 Å². The summed E-state index contributed by atoms with van der Waals surface area (Å²) >= 11 is 7.12. The van der Waals surface area contributed by atoms with Crippen molar-refractivity contribution >= 4 is 31.9 Å². The number of nitrogens with zero attached hydrogens (tertiary/aromatic N) is 2. The zero-order valence-corrected chi connectivity index (χ0v) is 19.7. The van der Waals surface area contributed by atoms with Crippen LogP contribution in [0.5, 0.6) is 0 Å². The van der Waals surface area contributed by atoms with Crippen molar-refractivity contribution in [3.05, 3.63) is 55.0 Å². The number of pyridine rings is 2. The predicted octanol–water partition coefficient (Wildman–Crippen LogP) is 7.48. The van der Waals surface area contributed by atoms with Crippen LogP contribution in [0.15, 0.2) is 15.1 Å². The van der Waals surface area contributed by atoms with Crippen LogP contribution in [0.1, 0.15) is 99.2 Å². The van der Waals surface area contributed by atoms with Crippen LogP contribution in [-0.2, 0) is 5.41 Å². The molecule has 2 nitrogen and oxygen atoms in total. The van der Waals surface area contributed by atoms with E-state index in [1.807, 2.05) is 27.7 Å². The lowest BCUT2D eigenvalue weighted by Gasteiger charge is -2.29. The van der Waals surface area contributed by atoms with Gasteiger partial charge in [0, 0.05) is 33.1 Å². The Morgan fingerprint density at radius 2 is 1.64 bits per heavy atom. The van der Waals surface area contributed by atoms with E-state index in [0.717, 1.165) is 41.4 Å². The fraction of sp³-hybridized carbons (Fsp3) is 0.545. The average Bonchev–Trinajstić information content (AvgIpc) is 3.51. The van der Waals surface area contributed by atoms with E-state index in [4.69, 9.17) is 0 Å². The van der Waals surface area contributed by atoms with Crippen LogP contribution in [0, 0.1) is 11.8 Å². The molecule has 0 aromatic carbocycles. The van der Waals surface area contributed by atoms with Crippen molar-refractivity contribution in [2.24, 2.45) is 0 Å². The molecule has 0 atom stereocenters. The zero-order valence-electron chi connectivity index (χ0n) is 16.5. The predicted molar refractivity (Wildman–Crippen MR) is 114 cm³/mol. The lowest BCUT2D eigenvalue weighted by Crippen LogP contribution is -2.26. The summed E-state index contributed by atoms with van der Waals surface area (Å²) in [6, 6.07) is 0. The van der Waals surface area contributed by atoms with Gasteiger partial charge in [0.15, 0.2) is 0 Å². The molecule has 2 aromatic rings. The fourth-order valence-corrected chi connectivity index (χ4v) is 5.74. The molecule has 0 radical (unpaired) electrons. The summed E-state index contributed by atoms with van der Waals surface area (Å²) in [4.78, 5) is 8.87. The second-order valence-electron chi connectivity index (χ2n) is 8.91. The van der Waals surface area contributed by atoms with Crippen LogP contribution < -0.4 is 0 Å². The molecule has 28 heavy (non-hydrogen) atoms. The first-order valence-corrected chi connectivity index (χ1v) is 11.5. The largest absolute Gasteiger partial charge is 0.259 e. The number of hydrogen-bond acceptors (Lipinski definition) is 2. The van der Waals surface area contributed by atoms with Gasteiger partial charge in [-0.25, -0.2) is 9.37 Å². The molecule has 2 aromatic heterocycles. The SMILES string of the molecule is CC(C)c1c(F)nc(C(C)(C)c2cnc(C3CC3)c(Br)c2F)c(Br)c1C1CC1. The normalized spacial score (nSPS) is 17.5. The second kappa shape index (κ2) is 7.12. The van der Waals surface area contributed by atoms with Gasteiger partial charge in [0.05, 0.1) is 15.9 Å². The maximum absolute atomic E-state index is 15.3. The van der Waals surface area contributed by atoms with E-state index < -0.39 is 11.4 Å². The summed E-state index contributed by atoms with van der Waals surface area (Å²) < 4.78 is 31.6. The number of hydrogen-bond donors (Lipinski definition) is 0. The maximum Gasteiger partial charge on any atom is 0.216 e. The summed E-state index contributed by atoms with van der Waals surface area (Å²) in [6.07, 6.45) is 5.81. The minimum Gasteiger partial charge on any atom is -0.259 e. The first-order chi connectivity index (χ1) is 13.1. The third kappa shape index (κ3) is 3.34. The summed E-state index contributed by atoms with van der Waals surface area (Å²) in [7, 11) is 0. The third-order valence-electron chi connectivity index (χ3n) is 5.95. The van der Waals surface area contributed by atoms with E-state index in [-0.39, 0.29) is 11.7 Å². The number of aromatic nitrogens is 2. The van der Waals surface area contributed by atoms with E-state index in [9.17, 15) is 0 Å². The van der Waals surface area contributed by atoms with E-state index in [0.29, 0.717) is 33.1 Å². The van der Waals surface area contributed by atoms with E-state index in [1.54, 1.807) is 6.20 Å². The van der Waals surface area contributed by atoms with Crippen molar-refractivity contribution in [2.45, 2.75) is 76.5 Å². The Kier molecular flexibility index (Phi) is 5.18. The van der Waals surface area contributed by atoms with Gasteiger partial charge in [-0.3, -0.25) is 4.98 Å². The average molecular weight is 514 g/mol. The molecule has 4 rings (SSSR count). The van der Waals surface area contributed by atoms with Crippen molar-refractivity contribution in [1.82, 2.24) is 9.97 Å². The topological polar surface area (TPSA) is 25.8 Å². The summed E-state index contributed by atoms with van der Waals surface area (Å²) in [5, 5.41) is 0. The fourth-order valence-electron chi connectivity index (χ4n) is 3.98. The quantitative estimate of drug-likeness (QED) is 0.387. The second-order valence-corrected chi connectivity index (χ2v) is 10.5. The Balaban J connectivity index is 1.87. The lowest BCUT2D eigenvalue weighted by molar-refractivity contribution is 0.496. The summed E-state index contributed by atoms with van der Waals surface area (Å²) in [6.45, 7) is 7.74. The molecular formula is C22H24Br2F2N2. The lowest BCUT2D eigenvalue weighted by atomic mass is 9.80. The first-order valence-electron chi connectivity index (χ1n) is 9.88. The van der Waals surface area contributed by atoms with Gasteiger partial charge in [-0.15, -0.1) is 0 Å². The van der Waals surface area contributed by atoms with Crippen LogP contribution >= 0.6 is 31.9 Å². The van der Waals surface area contributed by atoms with Crippen LogP contribution in [0.2, 0.25) is 0 Å². The molecule has 0 aliphatic heterocycles. The highest BCUT2D eigenvalue weighted by Gasteiger charge is 2.39. The van der Waals surface area contributed by atoms with Gasteiger partial charge >= 0.3 is 0 Å². The highest BCUT2D eigenvalue weighted by Crippen LogP contribution is 2.50.